The zero-order valence-electron chi connectivity index (χ0n) is 29.8. The summed E-state index contributed by atoms with van der Waals surface area (Å²) >= 11 is 0. The van der Waals surface area contributed by atoms with Crippen molar-refractivity contribution in [2.45, 2.75) is 0 Å². The highest BCUT2D eigenvalue weighted by Crippen LogP contribution is 2.41. The van der Waals surface area contributed by atoms with Crippen LogP contribution in [0.1, 0.15) is 0 Å². The van der Waals surface area contributed by atoms with E-state index in [0.29, 0.717) is 5.82 Å². The lowest BCUT2D eigenvalue weighted by Crippen LogP contribution is -1.97. The predicted molar refractivity (Wildman–Crippen MR) is 228 cm³/mol. The minimum atomic E-state index is 0.679. The Morgan fingerprint density at radius 3 is 1.75 bits per heavy atom. The lowest BCUT2D eigenvalue weighted by molar-refractivity contribution is 1.18. The Morgan fingerprint density at radius 1 is 0.364 bits per heavy atom. The molecule has 0 amide bonds. The Balaban J connectivity index is 1.09. The van der Waals surface area contributed by atoms with E-state index in [0.717, 1.165) is 72.3 Å². The standard InChI is InChI=1S/C51H32N4/c1-3-14-35(15-4-1)45-32-46(38-30-25-34-24-23-33-13-7-8-18-40(33)43(34)31-38)54-51(53-45)37-28-26-36(27-29-37)49-48-42-20-10-12-22-47(42)55(39-16-5-2-6-17-39)50(48)41-19-9-11-21-44(41)52-49/h1-32H. The first-order valence-corrected chi connectivity index (χ1v) is 18.6. The van der Waals surface area contributed by atoms with Gasteiger partial charge in [-0.05, 0) is 57.9 Å². The number of hydrogen-bond donors (Lipinski definition) is 0. The number of benzene rings is 8. The van der Waals surface area contributed by atoms with Gasteiger partial charge in [-0.25, -0.2) is 15.0 Å². The maximum absolute atomic E-state index is 5.34. The van der Waals surface area contributed by atoms with E-state index in [1.807, 2.05) is 6.07 Å². The third-order valence-corrected chi connectivity index (χ3v) is 10.8. The molecule has 256 valence electrons. The van der Waals surface area contributed by atoms with Crippen LogP contribution in [0.3, 0.4) is 0 Å². The van der Waals surface area contributed by atoms with Crippen molar-refractivity contribution in [3.8, 4) is 50.8 Å². The Labute approximate surface area is 317 Å². The molecule has 0 saturated heterocycles. The van der Waals surface area contributed by atoms with Crippen LogP contribution in [0.15, 0.2) is 194 Å². The Hall–Kier alpha value is -7.43. The van der Waals surface area contributed by atoms with Gasteiger partial charge in [-0.1, -0.05) is 158 Å². The summed E-state index contributed by atoms with van der Waals surface area (Å²) in [7, 11) is 0. The molecule has 11 aromatic rings. The zero-order valence-corrected chi connectivity index (χ0v) is 29.8. The fourth-order valence-electron chi connectivity index (χ4n) is 8.16. The summed E-state index contributed by atoms with van der Waals surface area (Å²) in [5, 5.41) is 8.31. The molecule has 8 aromatic carbocycles. The smallest absolute Gasteiger partial charge is 0.160 e. The van der Waals surface area contributed by atoms with Gasteiger partial charge in [0, 0.05) is 44.1 Å². The molecule has 0 N–H and O–H groups in total. The molecule has 11 rings (SSSR count). The van der Waals surface area contributed by atoms with Gasteiger partial charge in [0.25, 0.3) is 0 Å². The van der Waals surface area contributed by atoms with Crippen LogP contribution in [0.4, 0.5) is 0 Å². The highest BCUT2D eigenvalue weighted by Gasteiger charge is 2.21. The van der Waals surface area contributed by atoms with E-state index in [4.69, 9.17) is 15.0 Å². The first-order chi connectivity index (χ1) is 27.3. The van der Waals surface area contributed by atoms with Crippen molar-refractivity contribution in [3.63, 3.8) is 0 Å². The van der Waals surface area contributed by atoms with E-state index in [2.05, 4.69) is 193 Å². The molecule has 4 heteroatoms. The lowest BCUT2D eigenvalue weighted by atomic mass is 9.98. The molecule has 0 unspecified atom stereocenters. The van der Waals surface area contributed by atoms with Crippen LogP contribution in [-0.4, -0.2) is 19.5 Å². The maximum Gasteiger partial charge on any atom is 0.160 e. The largest absolute Gasteiger partial charge is 0.308 e. The second kappa shape index (κ2) is 12.6. The summed E-state index contributed by atoms with van der Waals surface area (Å²) in [5.74, 6) is 0.679. The molecule has 0 radical (unpaired) electrons. The van der Waals surface area contributed by atoms with Gasteiger partial charge in [-0.2, -0.15) is 0 Å². The molecule has 0 fully saturated rings. The minimum Gasteiger partial charge on any atom is -0.308 e. The average Bonchev–Trinajstić information content (AvgIpc) is 3.62. The van der Waals surface area contributed by atoms with Crippen molar-refractivity contribution in [3.05, 3.63) is 194 Å². The molecule has 0 aliphatic heterocycles. The first-order valence-electron chi connectivity index (χ1n) is 18.6. The number of fused-ring (bicyclic) bond motifs is 8. The van der Waals surface area contributed by atoms with E-state index in [9.17, 15) is 0 Å². The quantitative estimate of drug-likeness (QED) is 0.168. The fourth-order valence-corrected chi connectivity index (χ4v) is 8.16. The van der Waals surface area contributed by atoms with Crippen LogP contribution in [0.2, 0.25) is 0 Å². The van der Waals surface area contributed by atoms with Gasteiger partial charge < -0.3 is 4.57 Å². The van der Waals surface area contributed by atoms with Crippen LogP contribution < -0.4 is 0 Å². The summed E-state index contributed by atoms with van der Waals surface area (Å²) < 4.78 is 2.38. The monoisotopic (exact) mass is 700 g/mol. The average molecular weight is 701 g/mol. The maximum atomic E-state index is 5.34. The first kappa shape index (κ1) is 31.1. The Morgan fingerprint density at radius 2 is 0.945 bits per heavy atom. The van der Waals surface area contributed by atoms with E-state index in [-0.39, 0.29) is 0 Å². The molecule has 3 heterocycles. The third-order valence-electron chi connectivity index (χ3n) is 10.8. The molecule has 3 aromatic heterocycles. The number of aromatic nitrogens is 4. The van der Waals surface area contributed by atoms with E-state index in [1.54, 1.807) is 0 Å². The molecule has 0 spiro atoms. The van der Waals surface area contributed by atoms with Crippen molar-refractivity contribution in [1.82, 2.24) is 19.5 Å². The normalized spacial score (nSPS) is 11.6. The summed E-state index contributed by atoms with van der Waals surface area (Å²) in [6, 6.07) is 68.4. The second-order valence-electron chi connectivity index (χ2n) is 14.0. The van der Waals surface area contributed by atoms with Crippen molar-refractivity contribution >= 4 is 54.3 Å². The van der Waals surface area contributed by atoms with E-state index in [1.165, 1.54) is 26.9 Å². The summed E-state index contributed by atoms with van der Waals surface area (Å²) in [6.45, 7) is 0. The number of hydrogen-bond acceptors (Lipinski definition) is 3. The molecule has 0 aliphatic carbocycles. The summed E-state index contributed by atoms with van der Waals surface area (Å²) in [5.41, 5.74) is 11.2. The Kier molecular flexibility index (Phi) is 7.14. The van der Waals surface area contributed by atoms with Crippen LogP contribution in [-0.2, 0) is 0 Å². The van der Waals surface area contributed by atoms with Crippen molar-refractivity contribution < 1.29 is 0 Å². The van der Waals surface area contributed by atoms with Crippen LogP contribution in [0.5, 0.6) is 0 Å². The van der Waals surface area contributed by atoms with Gasteiger partial charge in [0.15, 0.2) is 5.82 Å². The minimum absolute atomic E-state index is 0.679. The van der Waals surface area contributed by atoms with Gasteiger partial charge in [0.2, 0.25) is 0 Å². The molecule has 0 atom stereocenters. The van der Waals surface area contributed by atoms with Crippen LogP contribution >= 0.6 is 0 Å². The zero-order chi connectivity index (χ0) is 36.3. The summed E-state index contributed by atoms with van der Waals surface area (Å²) in [4.78, 5) is 15.7. The molecular weight excluding hydrogens is 669 g/mol. The molecule has 0 saturated carbocycles. The van der Waals surface area contributed by atoms with Gasteiger partial charge in [0.1, 0.15) is 0 Å². The van der Waals surface area contributed by atoms with E-state index >= 15 is 0 Å². The van der Waals surface area contributed by atoms with E-state index < -0.39 is 0 Å². The van der Waals surface area contributed by atoms with Crippen molar-refractivity contribution in [2.75, 3.05) is 0 Å². The summed E-state index contributed by atoms with van der Waals surface area (Å²) in [6.07, 6.45) is 0. The van der Waals surface area contributed by atoms with Gasteiger partial charge in [-0.15, -0.1) is 0 Å². The highest BCUT2D eigenvalue weighted by molar-refractivity contribution is 6.22. The van der Waals surface area contributed by atoms with Crippen molar-refractivity contribution in [1.29, 1.82) is 0 Å². The number of nitrogens with zero attached hydrogens (tertiary/aromatic N) is 4. The van der Waals surface area contributed by atoms with Gasteiger partial charge >= 0.3 is 0 Å². The van der Waals surface area contributed by atoms with Crippen molar-refractivity contribution in [2.24, 2.45) is 0 Å². The molecule has 0 aliphatic rings. The number of rotatable bonds is 5. The molecule has 55 heavy (non-hydrogen) atoms. The second-order valence-corrected chi connectivity index (χ2v) is 14.0. The van der Waals surface area contributed by atoms with Crippen LogP contribution in [0, 0.1) is 0 Å². The van der Waals surface area contributed by atoms with Gasteiger partial charge in [0.05, 0.1) is 33.6 Å². The molecule has 4 nitrogen and oxygen atoms in total. The molecular formula is C51H32N4. The Bertz CT molecular complexity index is 3240. The third kappa shape index (κ3) is 5.19. The predicted octanol–water partition coefficient (Wildman–Crippen LogP) is 13.1. The van der Waals surface area contributed by atoms with Gasteiger partial charge in [-0.3, -0.25) is 0 Å². The van der Waals surface area contributed by atoms with Crippen LogP contribution in [0.25, 0.3) is 105 Å². The lowest BCUT2D eigenvalue weighted by Gasteiger charge is -2.13. The fraction of sp³-hybridized carbons (Fsp3) is 0. The highest BCUT2D eigenvalue weighted by atomic mass is 15.0. The topological polar surface area (TPSA) is 43.6 Å². The molecule has 0 bridgehead atoms. The number of pyridine rings is 1. The SMILES string of the molecule is c1ccc(-c2cc(-c3ccc4ccc5ccccc5c4c3)nc(-c3ccc(-c4nc5ccccc5c5c4c4ccccc4n5-c4ccccc4)cc3)n2)cc1. The number of para-hydroxylation sites is 3.